The van der Waals surface area contributed by atoms with Crippen LogP contribution in [0.3, 0.4) is 0 Å². The van der Waals surface area contributed by atoms with Gasteiger partial charge < -0.3 is 10.0 Å². The molecule has 0 amide bonds. The van der Waals surface area contributed by atoms with Crippen LogP contribution < -0.4 is 4.90 Å². The Kier molecular flexibility index (Phi) is 3.31. The van der Waals surface area contributed by atoms with Gasteiger partial charge in [-0.2, -0.15) is 0 Å². The van der Waals surface area contributed by atoms with E-state index in [-0.39, 0.29) is 11.3 Å². The van der Waals surface area contributed by atoms with E-state index in [1.54, 1.807) is 0 Å². The molecule has 0 saturated carbocycles. The van der Waals surface area contributed by atoms with Crippen LogP contribution in [0.4, 0.5) is 10.1 Å². The summed E-state index contributed by atoms with van der Waals surface area (Å²) < 4.78 is 13.8. The number of aromatic carboxylic acids is 1. The highest BCUT2D eigenvalue weighted by Crippen LogP contribution is 2.28. The van der Waals surface area contributed by atoms with Crippen LogP contribution in [0.2, 0.25) is 0 Å². The number of halogens is 1. The fourth-order valence-electron chi connectivity index (χ4n) is 2.24. The number of benzene rings is 1. The van der Waals surface area contributed by atoms with Crippen LogP contribution in [0.5, 0.6) is 0 Å². The maximum Gasteiger partial charge on any atom is 0.337 e. The van der Waals surface area contributed by atoms with Crippen LogP contribution in [-0.2, 0) is 0 Å². The quantitative estimate of drug-likeness (QED) is 0.859. The highest BCUT2D eigenvalue weighted by molar-refractivity contribution is 5.94. The molecule has 1 aromatic rings. The zero-order chi connectivity index (χ0) is 12.4. The summed E-state index contributed by atoms with van der Waals surface area (Å²) in [6.45, 7) is 3.61. The first-order valence-corrected chi connectivity index (χ1v) is 5.86. The molecule has 17 heavy (non-hydrogen) atoms. The minimum atomic E-state index is -1.07. The van der Waals surface area contributed by atoms with E-state index in [2.05, 4.69) is 6.92 Å². The van der Waals surface area contributed by atoms with Gasteiger partial charge in [0.2, 0.25) is 0 Å². The Bertz CT molecular complexity index is 425. The van der Waals surface area contributed by atoms with Crippen molar-refractivity contribution in [2.45, 2.75) is 19.8 Å². The Balaban J connectivity index is 2.33. The van der Waals surface area contributed by atoms with Crippen molar-refractivity contribution in [3.05, 3.63) is 29.6 Å². The molecule has 2 rings (SSSR count). The van der Waals surface area contributed by atoms with Gasteiger partial charge in [-0.1, -0.05) is 13.0 Å². The number of piperidine rings is 1. The number of hydrogen-bond donors (Lipinski definition) is 1. The zero-order valence-electron chi connectivity index (χ0n) is 9.82. The average Bonchev–Trinajstić information content (AvgIpc) is 2.30. The lowest BCUT2D eigenvalue weighted by Crippen LogP contribution is -2.34. The van der Waals surface area contributed by atoms with Crippen LogP contribution >= 0.6 is 0 Å². The number of carbonyl (C=O) groups is 1. The summed E-state index contributed by atoms with van der Waals surface area (Å²) in [4.78, 5) is 12.9. The van der Waals surface area contributed by atoms with Crippen molar-refractivity contribution in [2.24, 2.45) is 5.92 Å². The first-order chi connectivity index (χ1) is 8.09. The summed E-state index contributed by atoms with van der Waals surface area (Å²) >= 11 is 0. The molecule has 0 aliphatic carbocycles. The number of carboxylic acid groups (broad SMARTS) is 1. The minimum Gasteiger partial charge on any atom is -0.478 e. The predicted octanol–water partition coefficient (Wildman–Crippen LogP) is 2.76. The predicted molar refractivity (Wildman–Crippen MR) is 64.0 cm³/mol. The molecule has 1 N–H and O–H groups in total. The second kappa shape index (κ2) is 4.73. The van der Waals surface area contributed by atoms with Gasteiger partial charge in [0, 0.05) is 13.1 Å². The molecule has 4 heteroatoms. The molecular formula is C13H16FNO2. The molecule has 1 heterocycles. The molecule has 0 atom stereocenters. The van der Waals surface area contributed by atoms with Crippen molar-refractivity contribution < 1.29 is 14.3 Å². The molecule has 0 unspecified atom stereocenters. The van der Waals surface area contributed by atoms with Gasteiger partial charge in [-0.15, -0.1) is 0 Å². The summed E-state index contributed by atoms with van der Waals surface area (Å²) in [5, 5.41) is 9.08. The molecule has 1 saturated heterocycles. The first kappa shape index (κ1) is 11.9. The molecule has 1 aliphatic heterocycles. The third-order valence-electron chi connectivity index (χ3n) is 3.32. The van der Waals surface area contributed by atoms with Gasteiger partial charge >= 0.3 is 5.97 Å². The number of rotatable bonds is 2. The largest absolute Gasteiger partial charge is 0.478 e. The smallest absolute Gasteiger partial charge is 0.337 e. The summed E-state index contributed by atoms with van der Waals surface area (Å²) in [5.41, 5.74) is 0.298. The molecule has 1 fully saturated rings. The van der Waals surface area contributed by atoms with Crippen molar-refractivity contribution in [3.63, 3.8) is 0 Å². The van der Waals surface area contributed by atoms with Crippen LogP contribution in [0.1, 0.15) is 30.1 Å². The number of anilines is 1. The van der Waals surface area contributed by atoms with Gasteiger partial charge in [-0.3, -0.25) is 0 Å². The second-order valence-corrected chi connectivity index (χ2v) is 4.61. The molecule has 0 aromatic heterocycles. The molecule has 3 nitrogen and oxygen atoms in total. The summed E-state index contributed by atoms with van der Waals surface area (Å²) in [6.07, 6.45) is 1.96. The maximum atomic E-state index is 13.8. The van der Waals surface area contributed by atoms with Gasteiger partial charge in [0.25, 0.3) is 0 Å². The normalized spacial score (nSPS) is 17.2. The van der Waals surface area contributed by atoms with Gasteiger partial charge in [0.1, 0.15) is 5.82 Å². The Morgan fingerprint density at radius 2 is 2.06 bits per heavy atom. The SMILES string of the molecule is CC1CCN(c2c(F)cccc2C(=O)O)CC1. The van der Waals surface area contributed by atoms with Crippen molar-refractivity contribution >= 4 is 11.7 Å². The lowest BCUT2D eigenvalue weighted by Gasteiger charge is -2.33. The Morgan fingerprint density at radius 1 is 1.41 bits per heavy atom. The summed E-state index contributed by atoms with van der Waals surface area (Å²) in [7, 11) is 0. The van der Waals surface area contributed by atoms with E-state index < -0.39 is 11.8 Å². The van der Waals surface area contributed by atoms with Crippen LogP contribution in [0.15, 0.2) is 18.2 Å². The fourth-order valence-corrected chi connectivity index (χ4v) is 2.24. The lowest BCUT2D eigenvalue weighted by molar-refractivity contribution is 0.0697. The molecular weight excluding hydrogens is 221 g/mol. The minimum absolute atomic E-state index is 0.0551. The number of carboxylic acids is 1. The zero-order valence-corrected chi connectivity index (χ0v) is 9.82. The van der Waals surface area contributed by atoms with E-state index >= 15 is 0 Å². The van der Waals surface area contributed by atoms with Gasteiger partial charge in [0.05, 0.1) is 11.3 Å². The van der Waals surface area contributed by atoms with E-state index in [0.717, 1.165) is 25.9 Å². The molecule has 1 aliphatic rings. The molecule has 0 bridgehead atoms. The highest BCUT2D eigenvalue weighted by Gasteiger charge is 2.23. The Hall–Kier alpha value is -1.58. The van der Waals surface area contributed by atoms with E-state index in [1.807, 2.05) is 4.90 Å². The molecule has 0 radical (unpaired) electrons. The third-order valence-corrected chi connectivity index (χ3v) is 3.32. The summed E-state index contributed by atoms with van der Waals surface area (Å²) in [5.74, 6) is -0.885. The molecule has 1 aromatic carbocycles. The first-order valence-electron chi connectivity index (χ1n) is 5.86. The van der Waals surface area contributed by atoms with E-state index in [9.17, 15) is 9.18 Å². The molecule has 0 spiro atoms. The van der Waals surface area contributed by atoms with E-state index in [0.29, 0.717) is 5.92 Å². The lowest BCUT2D eigenvalue weighted by atomic mass is 9.98. The fraction of sp³-hybridized carbons (Fsp3) is 0.462. The number of hydrogen-bond acceptors (Lipinski definition) is 2. The van der Waals surface area contributed by atoms with Crippen molar-refractivity contribution in [2.75, 3.05) is 18.0 Å². The van der Waals surface area contributed by atoms with Crippen LogP contribution in [-0.4, -0.2) is 24.2 Å². The van der Waals surface area contributed by atoms with Crippen molar-refractivity contribution in [1.82, 2.24) is 0 Å². The maximum absolute atomic E-state index is 13.8. The third kappa shape index (κ3) is 2.40. The second-order valence-electron chi connectivity index (χ2n) is 4.61. The van der Waals surface area contributed by atoms with Crippen molar-refractivity contribution in [3.8, 4) is 0 Å². The van der Waals surface area contributed by atoms with Crippen LogP contribution in [0, 0.1) is 11.7 Å². The topological polar surface area (TPSA) is 40.5 Å². The van der Waals surface area contributed by atoms with E-state index in [1.165, 1.54) is 18.2 Å². The average molecular weight is 237 g/mol. The van der Waals surface area contributed by atoms with E-state index in [4.69, 9.17) is 5.11 Å². The number of nitrogens with zero attached hydrogens (tertiary/aromatic N) is 1. The standard InChI is InChI=1S/C13H16FNO2/c1-9-5-7-15(8-6-9)12-10(13(16)17)3-2-4-11(12)14/h2-4,9H,5-8H2,1H3,(H,16,17). The Labute approximate surface area is 99.9 Å². The van der Waals surface area contributed by atoms with Gasteiger partial charge in [-0.25, -0.2) is 9.18 Å². The summed E-state index contributed by atoms with van der Waals surface area (Å²) in [6, 6.07) is 4.22. The monoisotopic (exact) mass is 237 g/mol. The molecule has 92 valence electrons. The van der Waals surface area contributed by atoms with Gasteiger partial charge in [-0.05, 0) is 30.9 Å². The van der Waals surface area contributed by atoms with Gasteiger partial charge in [0.15, 0.2) is 0 Å². The Morgan fingerprint density at radius 3 is 2.65 bits per heavy atom. The number of para-hydroxylation sites is 1. The highest BCUT2D eigenvalue weighted by atomic mass is 19.1. The van der Waals surface area contributed by atoms with Crippen molar-refractivity contribution in [1.29, 1.82) is 0 Å². The van der Waals surface area contributed by atoms with Crippen LogP contribution in [0.25, 0.3) is 0 Å².